The number of aromatic hydroxyl groups is 1. The molecule has 0 radical (unpaired) electrons. The number of benzene rings is 2. The average Bonchev–Trinajstić information content (AvgIpc) is 3.39. The van der Waals surface area contributed by atoms with Crippen molar-refractivity contribution in [1.82, 2.24) is 25.1 Å². The third-order valence-electron chi connectivity index (χ3n) is 6.69. The number of hydrogen-bond acceptors (Lipinski definition) is 8. The number of phenolic OH excluding ortho intramolecular Hbond substituents is 1. The second kappa shape index (κ2) is 11.8. The van der Waals surface area contributed by atoms with Crippen molar-refractivity contribution < 1.29 is 19.4 Å². The summed E-state index contributed by atoms with van der Waals surface area (Å²) in [6.45, 7) is 10.9. The first-order valence-electron chi connectivity index (χ1n) is 13.5. The molecule has 0 saturated carbocycles. The second-order valence-corrected chi connectivity index (χ2v) is 10.9. The smallest absolute Gasteiger partial charge is 0.320 e. The van der Waals surface area contributed by atoms with Gasteiger partial charge in [-0.3, -0.25) is 5.32 Å². The van der Waals surface area contributed by atoms with E-state index < -0.39 is 6.03 Å². The highest BCUT2D eigenvalue weighted by molar-refractivity contribution is 5.88. The van der Waals surface area contributed by atoms with E-state index in [1.54, 1.807) is 23.0 Å². The van der Waals surface area contributed by atoms with Crippen LogP contribution in [0, 0.1) is 6.92 Å². The highest BCUT2D eigenvalue weighted by Crippen LogP contribution is 2.29. The van der Waals surface area contributed by atoms with Crippen molar-refractivity contribution in [2.75, 3.05) is 36.5 Å². The van der Waals surface area contributed by atoms with E-state index in [0.717, 1.165) is 29.9 Å². The van der Waals surface area contributed by atoms with Crippen molar-refractivity contribution in [3.63, 3.8) is 0 Å². The Balaban J connectivity index is 1.29. The fraction of sp³-hybridized carbons (Fsp3) is 0.333. The van der Waals surface area contributed by atoms with Crippen LogP contribution in [0.5, 0.6) is 17.4 Å². The second-order valence-electron chi connectivity index (χ2n) is 10.9. The molecule has 0 unspecified atom stereocenters. The van der Waals surface area contributed by atoms with Gasteiger partial charge in [-0.25, -0.2) is 14.5 Å². The Hall–Kier alpha value is -4.64. The van der Waals surface area contributed by atoms with Crippen LogP contribution in [0.4, 0.5) is 16.6 Å². The predicted octanol–water partition coefficient (Wildman–Crippen LogP) is 4.92. The van der Waals surface area contributed by atoms with Gasteiger partial charge in [0.1, 0.15) is 17.3 Å². The summed E-state index contributed by atoms with van der Waals surface area (Å²) in [6, 6.07) is 15.9. The number of aromatic nitrogens is 4. The Morgan fingerprint density at radius 2 is 1.88 bits per heavy atom. The molecule has 1 fully saturated rings. The molecule has 1 aliphatic rings. The summed E-state index contributed by atoms with van der Waals surface area (Å²) >= 11 is 0. The van der Waals surface area contributed by atoms with E-state index in [2.05, 4.69) is 46.3 Å². The number of rotatable bonds is 7. The lowest BCUT2D eigenvalue weighted by atomic mass is 9.92. The van der Waals surface area contributed by atoms with E-state index in [0.29, 0.717) is 42.3 Å². The summed E-state index contributed by atoms with van der Waals surface area (Å²) in [6.07, 6.45) is 1.67. The van der Waals surface area contributed by atoms with Crippen LogP contribution in [0.2, 0.25) is 0 Å². The molecular weight excluding hydrogens is 522 g/mol. The minimum atomic E-state index is -0.408. The van der Waals surface area contributed by atoms with Crippen molar-refractivity contribution in [2.24, 2.45) is 0 Å². The predicted molar refractivity (Wildman–Crippen MR) is 156 cm³/mol. The molecule has 2 aromatic heterocycles. The van der Waals surface area contributed by atoms with Crippen LogP contribution in [0.25, 0.3) is 5.69 Å². The summed E-state index contributed by atoms with van der Waals surface area (Å²) in [5.74, 6) is 2.22. The average molecular weight is 558 g/mol. The lowest BCUT2D eigenvalue weighted by Crippen LogP contribution is -2.37. The Morgan fingerprint density at radius 3 is 2.63 bits per heavy atom. The lowest BCUT2D eigenvalue weighted by Gasteiger charge is -2.26. The van der Waals surface area contributed by atoms with Crippen molar-refractivity contribution in [1.29, 1.82) is 0 Å². The van der Waals surface area contributed by atoms with Gasteiger partial charge >= 0.3 is 6.03 Å². The number of morpholine rings is 1. The van der Waals surface area contributed by atoms with Crippen molar-refractivity contribution in [3.8, 4) is 23.1 Å². The first-order valence-corrected chi connectivity index (χ1v) is 13.5. The normalized spacial score (nSPS) is 13.6. The standard InChI is InChI=1S/C30H35N7O4/c1-20-9-10-22(17-23(20)38)37-26(18-25(35-37)30(2,3)4)33-29(39)32-19-21-7-5-6-8-24(21)41-27-11-12-31-28(34-27)36-13-15-40-16-14-36/h5-12,17-18,38H,13-16,19H2,1-4H3,(H2,32,33,39). The van der Waals surface area contributed by atoms with Gasteiger partial charge in [0.05, 0.1) is 24.6 Å². The molecule has 0 aliphatic carbocycles. The molecule has 4 aromatic rings. The van der Waals surface area contributed by atoms with Gasteiger partial charge in [0.15, 0.2) is 0 Å². The number of nitrogens with zero attached hydrogens (tertiary/aromatic N) is 5. The summed E-state index contributed by atoms with van der Waals surface area (Å²) in [5, 5.41) is 20.8. The minimum absolute atomic E-state index is 0.156. The first-order chi connectivity index (χ1) is 19.7. The number of urea groups is 1. The van der Waals surface area contributed by atoms with Crippen LogP contribution in [0.3, 0.4) is 0 Å². The molecule has 3 heterocycles. The fourth-order valence-corrected chi connectivity index (χ4v) is 4.27. The Kier molecular flexibility index (Phi) is 8.06. The van der Waals surface area contributed by atoms with E-state index in [-0.39, 0.29) is 17.7 Å². The first kappa shape index (κ1) is 27.9. The van der Waals surface area contributed by atoms with E-state index in [1.807, 2.05) is 49.4 Å². The molecule has 0 atom stereocenters. The summed E-state index contributed by atoms with van der Waals surface area (Å²) in [7, 11) is 0. The molecule has 11 heteroatoms. The van der Waals surface area contributed by atoms with E-state index in [1.165, 1.54) is 0 Å². The number of ether oxygens (including phenoxy) is 2. The molecule has 214 valence electrons. The summed E-state index contributed by atoms with van der Waals surface area (Å²) in [5.41, 5.74) is 2.72. The van der Waals surface area contributed by atoms with Crippen LogP contribution >= 0.6 is 0 Å². The van der Waals surface area contributed by atoms with Gasteiger partial charge in [-0.05, 0) is 24.6 Å². The molecule has 2 amide bonds. The fourth-order valence-electron chi connectivity index (χ4n) is 4.27. The molecule has 1 aliphatic heterocycles. The molecule has 3 N–H and O–H groups in total. The van der Waals surface area contributed by atoms with E-state index in [4.69, 9.17) is 14.6 Å². The Labute approximate surface area is 239 Å². The van der Waals surface area contributed by atoms with Gasteiger partial charge in [-0.1, -0.05) is 45.0 Å². The van der Waals surface area contributed by atoms with Gasteiger partial charge in [-0.2, -0.15) is 10.1 Å². The van der Waals surface area contributed by atoms with Gasteiger partial charge < -0.3 is 24.8 Å². The molecule has 0 spiro atoms. The third kappa shape index (κ3) is 6.75. The lowest BCUT2D eigenvalue weighted by molar-refractivity contribution is 0.122. The Morgan fingerprint density at radius 1 is 1.10 bits per heavy atom. The molecular formula is C30H35N7O4. The molecule has 5 rings (SSSR count). The molecule has 41 heavy (non-hydrogen) atoms. The number of anilines is 2. The van der Waals surface area contributed by atoms with E-state index >= 15 is 0 Å². The van der Waals surface area contributed by atoms with Crippen molar-refractivity contribution in [3.05, 3.63) is 77.6 Å². The third-order valence-corrected chi connectivity index (χ3v) is 6.69. The maximum atomic E-state index is 13.0. The maximum absolute atomic E-state index is 13.0. The van der Waals surface area contributed by atoms with Crippen LogP contribution in [-0.2, 0) is 16.7 Å². The quantitative estimate of drug-likeness (QED) is 0.292. The van der Waals surface area contributed by atoms with E-state index in [9.17, 15) is 9.90 Å². The summed E-state index contributed by atoms with van der Waals surface area (Å²) in [4.78, 5) is 24.0. The zero-order chi connectivity index (χ0) is 29.0. The van der Waals surface area contributed by atoms with Gasteiger partial charge in [0.25, 0.3) is 0 Å². The zero-order valence-electron chi connectivity index (χ0n) is 23.7. The van der Waals surface area contributed by atoms with Crippen LogP contribution in [0.15, 0.2) is 60.8 Å². The van der Waals surface area contributed by atoms with Gasteiger partial charge in [0.2, 0.25) is 11.8 Å². The van der Waals surface area contributed by atoms with Crippen LogP contribution < -0.4 is 20.3 Å². The molecule has 11 nitrogen and oxygen atoms in total. The number of para-hydroxylation sites is 1. The largest absolute Gasteiger partial charge is 0.508 e. The highest BCUT2D eigenvalue weighted by Gasteiger charge is 2.22. The number of carbonyl (C=O) groups is 1. The van der Waals surface area contributed by atoms with Crippen LogP contribution in [-0.4, -0.2) is 57.2 Å². The van der Waals surface area contributed by atoms with Crippen molar-refractivity contribution >= 4 is 17.8 Å². The van der Waals surface area contributed by atoms with Gasteiger partial charge in [-0.15, -0.1) is 0 Å². The molecule has 0 bridgehead atoms. The molecule has 2 aromatic carbocycles. The maximum Gasteiger partial charge on any atom is 0.320 e. The minimum Gasteiger partial charge on any atom is -0.508 e. The summed E-state index contributed by atoms with van der Waals surface area (Å²) < 4.78 is 13.2. The number of aryl methyl sites for hydroxylation is 1. The monoisotopic (exact) mass is 557 g/mol. The molecule has 1 saturated heterocycles. The van der Waals surface area contributed by atoms with Gasteiger partial charge in [0, 0.05) is 55.0 Å². The SMILES string of the molecule is Cc1ccc(-n2nc(C(C)(C)C)cc2NC(=O)NCc2ccccc2Oc2ccnc(N3CCOCC3)n2)cc1O. The number of nitrogens with one attached hydrogen (secondary N) is 2. The number of phenols is 1. The Bertz CT molecular complexity index is 1520. The number of carbonyl (C=O) groups excluding carboxylic acids is 1. The van der Waals surface area contributed by atoms with Crippen LogP contribution in [0.1, 0.15) is 37.6 Å². The zero-order valence-corrected chi connectivity index (χ0v) is 23.7. The topological polar surface area (TPSA) is 127 Å². The highest BCUT2D eigenvalue weighted by atomic mass is 16.5. The number of amides is 2. The number of hydrogen-bond donors (Lipinski definition) is 3. The van der Waals surface area contributed by atoms with Crippen molar-refractivity contribution in [2.45, 2.75) is 39.7 Å².